The van der Waals surface area contributed by atoms with Crippen LogP contribution in [0.3, 0.4) is 0 Å². The van der Waals surface area contributed by atoms with Crippen LogP contribution in [0.15, 0.2) is 46.9 Å². The van der Waals surface area contributed by atoms with Crippen LogP contribution in [0.25, 0.3) is 0 Å². The lowest BCUT2D eigenvalue weighted by Crippen LogP contribution is -1.87. The predicted octanol–water partition coefficient (Wildman–Crippen LogP) is 3.36. The van der Waals surface area contributed by atoms with Crippen molar-refractivity contribution in [2.24, 2.45) is 0 Å². The summed E-state index contributed by atoms with van der Waals surface area (Å²) >= 11 is 3.05. The number of rotatable bonds is 2. The van der Waals surface area contributed by atoms with Gasteiger partial charge in [0.2, 0.25) is 0 Å². The Morgan fingerprint density at radius 3 is 1.81 bits per heavy atom. The molecule has 8 nitrogen and oxygen atoms in total. The first kappa shape index (κ1) is 16.4. The van der Waals surface area contributed by atoms with Gasteiger partial charge in [-0.05, 0) is 18.2 Å². The zero-order chi connectivity index (χ0) is 16.0. The molecule has 9 heteroatoms. The molecule has 0 aromatic heterocycles. The molecule has 0 unspecified atom stereocenters. The lowest BCUT2D eigenvalue weighted by Gasteiger charge is -1.94. The summed E-state index contributed by atoms with van der Waals surface area (Å²) in [5, 5.41) is 38.0. The lowest BCUT2D eigenvalue weighted by atomic mass is 10.3. The molecule has 2 aromatic rings. The molecular weight excluding hydrogens is 348 g/mol. The quantitative estimate of drug-likeness (QED) is 0.627. The number of phenols is 2. The molecule has 2 N–H and O–H groups in total. The van der Waals surface area contributed by atoms with E-state index in [1.807, 2.05) is 0 Å². The number of phenolic OH excluding ortho intramolecular Hbond substituents is 2. The highest BCUT2D eigenvalue weighted by atomic mass is 79.9. The molecular formula is C12H9BrN2O6. The Hall–Kier alpha value is -2.68. The number of hydrogen-bond donors (Lipinski definition) is 2. The molecule has 0 aliphatic carbocycles. The smallest absolute Gasteiger partial charge is 0.311 e. The molecule has 0 fully saturated rings. The van der Waals surface area contributed by atoms with Crippen LogP contribution < -0.4 is 0 Å². The molecule has 0 aliphatic rings. The zero-order valence-corrected chi connectivity index (χ0v) is 11.9. The average molecular weight is 357 g/mol. The summed E-state index contributed by atoms with van der Waals surface area (Å²) in [4.78, 5) is 19.0. The van der Waals surface area contributed by atoms with Gasteiger partial charge in [-0.2, -0.15) is 0 Å². The van der Waals surface area contributed by atoms with Crippen molar-refractivity contribution >= 4 is 27.3 Å². The van der Waals surface area contributed by atoms with Crippen LogP contribution in [0.2, 0.25) is 0 Å². The molecule has 0 bridgehead atoms. The second-order valence-corrected chi connectivity index (χ2v) is 4.55. The first-order valence-corrected chi connectivity index (χ1v) is 6.17. The summed E-state index contributed by atoms with van der Waals surface area (Å²) < 4.78 is 0.571. The molecule has 2 rings (SSSR count). The number of nitro benzene ring substituents is 2. The fourth-order valence-electron chi connectivity index (χ4n) is 1.26. The summed E-state index contributed by atoms with van der Waals surface area (Å²) in [6.07, 6.45) is 0. The maximum absolute atomic E-state index is 10.2. The number of halogens is 1. The number of hydrogen-bond acceptors (Lipinski definition) is 6. The Balaban J connectivity index is 0.000000211. The standard InChI is InChI=1S/C6H4BrNO3.C6H5NO3/c7-4-1-2-6(9)5(3-4)8(10)11;8-6-4-2-1-3-5(6)7(9)10/h1-3,9H;1-4,8H. The summed E-state index contributed by atoms with van der Waals surface area (Å²) in [5.41, 5.74) is -0.554. The van der Waals surface area contributed by atoms with Crippen LogP contribution >= 0.6 is 15.9 Å². The van der Waals surface area contributed by atoms with E-state index in [4.69, 9.17) is 10.2 Å². The minimum Gasteiger partial charge on any atom is -0.502 e. The van der Waals surface area contributed by atoms with Gasteiger partial charge in [0.05, 0.1) is 9.85 Å². The topological polar surface area (TPSA) is 127 Å². The maximum atomic E-state index is 10.2. The second kappa shape index (κ2) is 7.20. The third-order valence-electron chi connectivity index (χ3n) is 2.21. The van der Waals surface area contributed by atoms with E-state index in [1.54, 1.807) is 0 Å². The van der Waals surface area contributed by atoms with E-state index >= 15 is 0 Å². The Kier molecular flexibility index (Phi) is 5.61. The largest absolute Gasteiger partial charge is 0.502 e. The first-order valence-electron chi connectivity index (χ1n) is 5.38. The summed E-state index contributed by atoms with van der Waals surface area (Å²) in [6, 6.07) is 9.59. The van der Waals surface area contributed by atoms with Gasteiger partial charge in [-0.3, -0.25) is 20.2 Å². The van der Waals surface area contributed by atoms with E-state index in [-0.39, 0.29) is 22.9 Å². The van der Waals surface area contributed by atoms with Crippen molar-refractivity contribution in [3.63, 3.8) is 0 Å². The fourth-order valence-corrected chi connectivity index (χ4v) is 1.61. The van der Waals surface area contributed by atoms with E-state index in [0.717, 1.165) is 0 Å². The van der Waals surface area contributed by atoms with Crippen LogP contribution in [-0.2, 0) is 0 Å². The molecule has 0 aliphatic heterocycles. The molecule has 0 amide bonds. The van der Waals surface area contributed by atoms with Crippen LogP contribution in [0.4, 0.5) is 11.4 Å². The van der Waals surface area contributed by atoms with Gasteiger partial charge in [0.1, 0.15) is 0 Å². The van der Waals surface area contributed by atoms with Gasteiger partial charge in [0, 0.05) is 16.6 Å². The fraction of sp³-hybridized carbons (Fsp3) is 0. The number of para-hydroxylation sites is 2. The number of nitrogens with zero attached hydrogens (tertiary/aromatic N) is 2. The number of benzene rings is 2. The van der Waals surface area contributed by atoms with Crippen molar-refractivity contribution in [3.8, 4) is 11.5 Å². The SMILES string of the molecule is O=[N+]([O-])c1cc(Br)ccc1O.O=[N+]([O-])c1ccccc1O. The van der Waals surface area contributed by atoms with E-state index in [2.05, 4.69) is 15.9 Å². The van der Waals surface area contributed by atoms with Crippen LogP contribution in [-0.4, -0.2) is 20.1 Å². The van der Waals surface area contributed by atoms with E-state index in [9.17, 15) is 20.2 Å². The molecule has 0 spiro atoms. The third-order valence-corrected chi connectivity index (χ3v) is 2.71. The van der Waals surface area contributed by atoms with E-state index in [1.165, 1.54) is 42.5 Å². The second-order valence-electron chi connectivity index (χ2n) is 3.64. The maximum Gasteiger partial charge on any atom is 0.311 e. The molecule has 0 saturated heterocycles. The lowest BCUT2D eigenvalue weighted by molar-refractivity contribution is -0.386. The highest BCUT2D eigenvalue weighted by molar-refractivity contribution is 9.10. The molecule has 110 valence electrons. The van der Waals surface area contributed by atoms with Crippen molar-refractivity contribution in [3.05, 3.63) is 67.2 Å². The zero-order valence-electron chi connectivity index (χ0n) is 10.3. The summed E-state index contributed by atoms with van der Waals surface area (Å²) in [5.74, 6) is -0.620. The van der Waals surface area contributed by atoms with Crippen LogP contribution in [0, 0.1) is 20.2 Å². The van der Waals surface area contributed by atoms with Gasteiger partial charge >= 0.3 is 11.4 Å². The Morgan fingerprint density at radius 2 is 1.38 bits per heavy atom. The molecule has 2 aromatic carbocycles. The normalized spacial score (nSPS) is 9.38. The van der Waals surface area contributed by atoms with Crippen LogP contribution in [0.5, 0.6) is 11.5 Å². The highest BCUT2D eigenvalue weighted by Crippen LogP contribution is 2.28. The third kappa shape index (κ3) is 4.73. The van der Waals surface area contributed by atoms with E-state index < -0.39 is 9.85 Å². The highest BCUT2D eigenvalue weighted by Gasteiger charge is 2.12. The van der Waals surface area contributed by atoms with Gasteiger partial charge in [-0.25, -0.2) is 0 Å². The minimum atomic E-state index is -0.639. The van der Waals surface area contributed by atoms with Crippen LogP contribution in [0.1, 0.15) is 0 Å². The molecule has 0 heterocycles. The Labute approximate surface area is 126 Å². The van der Waals surface area contributed by atoms with Gasteiger partial charge in [0.15, 0.2) is 11.5 Å². The number of nitro groups is 2. The van der Waals surface area contributed by atoms with Crippen molar-refractivity contribution in [2.45, 2.75) is 0 Å². The molecule has 0 radical (unpaired) electrons. The van der Waals surface area contributed by atoms with Crippen molar-refractivity contribution in [2.75, 3.05) is 0 Å². The molecule has 0 saturated carbocycles. The van der Waals surface area contributed by atoms with Crippen molar-refractivity contribution in [1.29, 1.82) is 0 Å². The van der Waals surface area contributed by atoms with Gasteiger partial charge in [-0.15, -0.1) is 0 Å². The summed E-state index contributed by atoms with van der Waals surface area (Å²) in [7, 11) is 0. The Bertz CT molecular complexity index is 677. The predicted molar refractivity (Wildman–Crippen MR) is 77.2 cm³/mol. The van der Waals surface area contributed by atoms with Crippen molar-refractivity contribution < 1.29 is 20.1 Å². The first-order chi connectivity index (χ1) is 9.82. The monoisotopic (exact) mass is 356 g/mol. The molecule has 21 heavy (non-hydrogen) atoms. The minimum absolute atomic E-state index is 0.262. The van der Waals surface area contributed by atoms with Gasteiger partial charge in [0.25, 0.3) is 0 Å². The molecule has 0 atom stereocenters. The Morgan fingerprint density at radius 1 is 0.857 bits per heavy atom. The van der Waals surface area contributed by atoms with E-state index in [0.29, 0.717) is 4.47 Å². The van der Waals surface area contributed by atoms with Crippen molar-refractivity contribution in [1.82, 2.24) is 0 Å². The average Bonchev–Trinajstić information content (AvgIpc) is 2.42. The van der Waals surface area contributed by atoms with Gasteiger partial charge in [-0.1, -0.05) is 28.1 Å². The summed E-state index contributed by atoms with van der Waals surface area (Å²) in [6.45, 7) is 0. The van der Waals surface area contributed by atoms with Gasteiger partial charge < -0.3 is 10.2 Å². The number of aromatic hydroxyl groups is 2.